The maximum absolute atomic E-state index is 12.4. The summed E-state index contributed by atoms with van der Waals surface area (Å²) in [5, 5.41) is 24.3. The molecule has 3 heterocycles. The molecule has 0 fully saturated rings. The van der Waals surface area contributed by atoms with Crippen LogP contribution in [0.5, 0.6) is 0 Å². The van der Waals surface area contributed by atoms with E-state index in [-0.39, 0.29) is 16.9 Å². The van der Waals surface area contributed by atoms with Crippen LogP contribution in [0.1, 0.15) is 24.1 Å². The minimum Gasteiger partial charge on any atom is -0.331 e. The first-order chi connectivity index (χ1) is 14.0. The molecule has 2 aromatic rings. The Hall–Kier alpha value is -3.49. The molecule has 0 radical (unpaired) electrons. The van der Waals surface area contributed by atoms with E-state index in [0.29, 0.717) is 16.9 Å². The van der Waals surface area contributed by atoms with Crippen molar-refractivity contribution in [1.82, 2.24) is 15.4 Å². The SMILES string of the molecule is C[C@H](NC(=O)Nc1ncc2c(c1Cl)N=NC2=C1C=CN(O)C=C1)c1ccccc1. The molecule has 9 heteroatoms. The van der Waals surface area contributed by atoms with E-state index in [1.54, 1.807) is 18.3 Å². The molecule has 2 aliphatic rings. The molecule has 0 saturated heterocycles. The van der Waals surface area contributed by atoms with Crippen molar-refractivity contribution in [3.63, 3.8) is 0 Å². The standard InChI is InChI=1S/C20H17ClN6O2/c1-12(13-5-3-2-4-6-13)23-20(28)24-19-16(21)18-15(11-22-19)17(25-26-18)14-7-9-27(29)10-8-14/h2-12,29H,1H3,(H2,22,23,24,28)/t12-/m0/s1. The Morgan fingerprint density at radius 2 is 1.90 bits per heavy atom. The van der Waals surface area contributed by atoms with Gasteiger partial charge in [0.1, 0.15) is 16.4 Å². The number of nitrogens with zero attached hydrogens (tertiary/aromatic N) is 4. The lowest BCUT2D eigenvalue weighted by Gasteiger charge is -2.15. The number of aromatic nitrogens is 1. The van der Waals surface area contributed by atoms with E-state index in [9.17, 15) is 10.0 Å². The van der Waals surface area contributed by atoms with E-state index in [4.69, 9.17) is 11.6 Å². The molecule has 0 saturated carbocycles. The van der Waals surface area contributed by atoms with Crippen LogP contribution in [-0.2, 0) is 0 Å². The molecule has 1 aromatic heterocycles. The Labute approximate surface area is 171 Å². The molecule has 8 nitrogen and oxygen atoms in total. The number of hydrogen-bond acceptors (Lipinski definition) is 6. The van der Waals surface area contributed by atoms with Crippen molar-refractivity contribution in [2.24, 2.45) is 10.2 Å². The van der Waals surface area contributed by atoms with Gasteiger partial charge in [0.25, 0.3) is 0 Å². The van der Waals surface area contributed by atoms with Gasteiger partial charge < -0.3 is 5.32 Å². The highest BCUT2D eigenvalue weighted by atomic mass is 35.5. The van der Waals surface area contributed by atoms with Crippen molar-refractivity contribution in [3.05, 3.63) is 82.8 Å². The normalized spacial score (nSPS) is 15.5. The number of hydrogen-bond donors (Lipinski definition) is 3. The highest BCUT2D eigenvalue weighted by Gasteiger charge is 2.24. The number of amides is 2. The highest BCUT2D eigenvalue weighted by molar-refractivity contribution is 6.36. The molecule has 0 aliphatic carbocycles. The third-order valence-corrected chi connectivity index (χ3v) is 4.82. The van der Waals surface area contributed by atoms with Gasteiger partial charge in [-0.1, -0.05) is 41.9 Å². The number of fused-ring (bicyclic) bond motifs is 1. The smallest absolute Gasteiger partial charge is 0.320 e. The lowest BCUT2D eigenvalue weighted by molar-refractivity contribution is 0.0105. The zero-order valence-corrected chi connectivity index (χ0v) is 16.1. The molecule has 0 bridgehead atoms. The number of carbonyl (C=O) groups is 1. The zero-order valence-electron chi connectivity index (χ0n) is 15.4. The summed E-state index contributed by atoms with van der Waals surface area (Å²) >= 11 is 6.41. The summed E-state index contributed by atoms with van der Waals surface area (Å²) in [5.41, 5.74) is 3.41. The van der Waals surface area contributed by atoms with E-state index >= 15 is 0 Å². The van der Waals surface area contributed by atoms with E-state index in [1.165, 1.54) is 12.4 Å². The molecule has 2 amide bonds. The minimum absolute atomic E-state index is 0.184. The Morgan fingerprint density at radius 3 is 2.62 bits per heavy atom. The van der Waals surface area contributed by atoms with Crippen LogP contribution in [0, 0.1) is 0 Å². The van der Waals surface area contributed by atoms with Crippen LogP contribution in [0.2, 0.25) is 5.02 Å². The van der Waals surface area contributed by atoms with Gasteiger partial charge in [0.05, 0.1) is 11.6 Å². The number of benzene rings is 1. The average molecular weight is 409 g/mol. The van der Waals surface area contributed by atoms with Crippen LogP contribution in [0.3, 0.4) is 0 Å². The second kappa shape index (κ2) is 7.86. The van der Waals surface area contributed by atoms with E-state index in [2.05, 4.69) is 25.8 Å². The number of nitrogens with one attached hydrogen (secondary N) is 2. The highest BCUT2D eigenvalue weighted by Crippen LogP contribution is 2.44. The lowest BCUT2D eigenvalue weighted by atomic mass is 10.1. The van der Waals surface area contributed by atoms with Gasteiger partial charge in [-0.15, -0.1) is 10.2 Å². The fraction of sp³-hybridized carbons (Fsp3) is 0.100. The van der Waals surface area contributed by atoms with Gasteiger partial charge in [-0.2, -0.15) is 0 Å². The summed E-state index contributed by atoms with van der Waals surface area (Å²) in [6.07, 6.45) is 7.93. The molecule has 1 aromatic carbocycles. The zero-order chi connectivity index (χ0) is 20.4. The van der Waals surface area contributed by atoms with Crippen LogP contribution in [0.4, 0.5) is 16.3 Å². The number of pyridine rings is 1. The van der Waals surface area contributed by atoms with E-state index < -0.39 is 6.03 Å². The fourth-order valence-corrected chi connectivity index (χ4v) is 3.18. The summed E-state index contributed by atoms with van der Waals surface area (Å²) in [5.74, 6) is 0.199. The van der Waals surface area contributed by atoms with Crippen molar-refractivity contribution >= 4 is 34.8 Å². The average Bonchev–Trinajstić information content (AvgIpc) is 3.16. The predicted molar refractivity (Wildman–Crippen MR) is 110 cm³/mol. The maximum atomic E-state index is 12.4. The first-order valence-electron chi connectivity index (χ1n) is 8.84. The quantitative estimate of drug-likeness (QED) is 0.652. The van der Waals surface area contributed by atoms with E-state index in [0.717, 1.165) is 16.2 Å². The molecule has 4 rings (SSSR count). The monoisotopic (exact) mass is 408 g/mol. The third kappa shape index (κ3) is 3.89. The van der Waals surface area contributed by atoms with Crippen LogP contribution in [0.15, 0.2) is 76.9 Å². The van der Waals surface area contributed by atoms with E-state index in [1.807, 2.05) is 37.3 Å². The number of anilines is 1. The number of hydroxylamine groups is 2. The first-order valence-corrected chi connectivity index (χ1v) is 9.21. The summed E-state index contributed by atoms with van der Waals surface area (Å²) in [6.45, 7) is 1.89. The van der Waals surface area contributed by atoms with Crippen molar-refractivity contribution < 1.29 is 10.0 Å². The number of rotatable bonds is 3. The van der Waals surface area contributed by atoms with Crippen molar-refractivity contribution in [2.75, 3.05) is 5.32 Å². The molecular formula is C20H17ClN6O2. The summed E-state index contributed by atoms with van der Waals surface area (Å²) in [7, 11) is 0. The van der Waals surface area contributed by atoms with Crippen LogP contribution < -0.4 is 10.6 Å². The van der Waals surface area contributed by atoms with Crippen LogP contribution in [0.25, 0.3) is 5.70 Å². The van der Waals surface area contributed by atoms with Gasteiger partial charge in [0, 0.05) is 24.2 Å². The Balaban J connectivity index is 1.52. The molecule has 0 spiro atoms. The van der Waals surface area contributed by atoms with Crippen molar-refractivity contribution in [3.8, 4) is 0 Å². The Bertz CT molecular complexity index is 1060. The van der Waals surface area contributed by atoms with Crippen LogP contribution in [-0.4, -0.2) is 21.3 Å². The maximum Gasteiger partial charge on any atom is 0.320 e. The molecule has 146 valence electrons. The molecule has 0 unspecified atom stereocenters. The first kappa shape index (κ1) is 18.9. The number of urea groups is 1. The minimum atomic E-state index is -0.426. The van der Waals surface area contributed by atoms with Gasteiger partial charge in [-0.05, 0) is 24.6 Å². The topological polar surface area (TPSA) is 102 Å². The predicted octanol–water partition coefficient (Wildman–Crippen LogP) is 5.16. The number of halogens is 1. The summed E-state index contributed by atoms with van der Waals surface area (Å²) in [6, 6.07) is 9.01. The molecule has 3 N–H and O–H groups in total. The second-order valence-electron chi connectivity index (χ2n) is 6.43. The Morgan fingerprint density at radius 1 is 1.17 bits per heavy atom. The Kier molecular flexibility index (Phi) is 5.11. The molecule has 2 aliphatic heterocycles. The van der Waals surface area contributed by atoms with Crippen molar-refractivity contribution in [2.45, 2.75) is 13.0 Å². The lowest BCUT2D eigenvalue weighted by Crippen LogP contribution is -2.31. The second-order valence-corrected chi connectivity index (χ2v) is 6.81. The number of allylic oxidation sites excluding steroid dienone is 3. The number of azo groups is 1. The van der Waals surface area contributed by atoms with Crippen LogP contribution >= 0.6 is 11.6 Å². The van der Waals surface area contributed by atoms with Gasteiger partial charge in [0.2, 0.25) is 0 Å². The molecular weight excluding hydrogens is 392 g/mol. The van der Waals surface area contributed by atoms with Gasteiger partial charge in [-0.3, -0.25) is 10.5 Å². The third-order valence-electron chi connectivity index (χ3n) is 4.46. The van der Waals surface area contributed by atoms with Gasteiger partial charge in [0.15, 0.2) is 5.82 Å². The molecule has 1 atom stereocenters. The summed E-state index contributed by atoms with van der Waals surface area (Å²) < 4.78 is 0. The summed E-state index contributed by atoms with van der Waals surface area (Å²) in [4.78, 5) is 16.6. The fourth-order valence-electron chi connectivity index (χ4n) is 2.94. The van der Waals surface area contributed by atoms with Gasteiger partial charge in [-0.25, -0.2) is 14.8 Å². The number of carbonyl (C=O) groups excluding carboxylic acids is 1. The molecule has 29 heavy (non-hydrogen) atoms. The largest absolute Gasteiger partial charge is 0.331 e. The van der Waals surface area contributed by atoms with Gasteiger partial charge >= 0.3 is 6.03 Å². The van der Waals surface area contributed by atoms with Crippen molar-refractivity contribution in [1.29, 1.82) is 0 Å².